The number of rotatable bonds is 28. The van der Waals surface area contributed by atoms with Crippen molar-refractivity contribution in [1.29, 1.82) is 0 Å². The Labute approximate surface area is 360 Å². The van der Waals surface area contributed by atoms with Crippen LogP contribution in [0.15, 0.2) is 85.0 Å². The second kappa shape index (κ2) is 30.7. The fraction of sp³-hybridized carbons (Fsp3) is 0.600. The average molecular weight is 831 g/mol. The van der Waals surface area contributed by atoms with Gasteiger partial charge >= 0.3 is 11.9 Å². The molecule has 0 aliphatic carbocycles. The lowest BCUT2D eigenvalue weighted by Gasteiger charge is -2.22. The second-order valence-corrected chi connectivity index (χ2v) is 16.2. The van der Waals surface area contributed by atoms with Crippen molar-refractivity contribution in [2.75, 3.05) is 27.3 Å². The van der Waals surface area contributed by atoms with Gasteiger partial charge in [0.1, 0.15) is 0 Å². The van der Waals surface area contributed by atoms with E-state index in [1.807, 2.05) is 46.2 Å². The standard InChI is InChI=1S/2C25H37NO4/c2*1-30-25(29)15-7-2-3-10-20-26-22(17-19-24(26)28)16-18-23(27)14-9-8-13-21-11-5-4-6-12-21/h2*4-6,11-12,16,18,22-23,27H,2-3,7-10,13-15,17,19-20H2,1H3/b2*18-16+/t22-,23+;22-,23-/m00/s1. The molecule has 4 rings (SSSR count). The van der Waals surface area contributed by atoms with Crippen LogP contribution >= 0.6 is 0 Å². The molecule has 0 spiro atoms. The normalized spacial score (nSPS) is 17.6. The number of ether oxygens (including phenoxy) is 2. The Morgan fingerprint density at radius 3 is 1.35 bits per heavy atom. The zero-order valence-electron chi connectivity index (χ0n) is 36.6. The number of hydrogen-bond acceptors (Lipinski definition) is 8. The molecule has 0 unspecified atom stereocenters. The fourth-order valence-electron chi connectivity index (χ4n) is 7.87. The Hall–Kier alpha value is -4.28. The number of likely N-dealkylation sites (tertiary alicyclic amines) is 2. The van der Waals surface area contributed by atoms with Crippen molar-refractivity contribution >= 4 is 23.8 Å². The number of carbonyl (C=O) groups is 4. The monoisotopic (exact) mass is 831 g/mol. The third-order valence-electron chi connectivity index (χ3n) is 11.5. The van der Waals surface area contributed by atoms with Gasteiger partial charge in [-0.2, -0.15) is 0 Å². The van der Waals surface area contributed by atoms with Crippen molar-refractivity contribution in [3.05, 3.63) is 96.1 Å². The maximum Gasteiger partial charge on any atom is 0.305 e. The number of nitrogens with zero attached hydrogens (tertiary/aromatic N) is 2. The van der Waals surface area contributed by atoms with Crippen LogP contribution in [0.1, 0.15) is 140 Å². The number of benzene rings is 2. The molecule has 10 heteroatoms. The summed E-state index contributed by atoms with van der Waals surface area (Å²) in [6.07, 6.45) is 25.9. The number of hydrogen-bond donors (Lipinski definition) is 2. The van der Waals surface area contributed by atoms with E-state index in [1.54, 1.807) is 0 Å². The van der Waals surface area contributed by atoms with Crippen molar-refractivity contribution < 1.29 is 38.9 Å². The zero-order chi connectivity index (χ0) is 43.2. The van der Waals surface area contributed by atoms with Crippen LogP contribution in [0.3, 0.4) is 0 Å². The average Bonchev–Trinajstić information content (AvgIpc) is 3.81. The molecule has 2 aromatic carbocycles. The van der Waals surface area contributed by atoms with Crippen molar-refractivity contribution in [3.63, 3.8) is 0 Å². The van der Waals surface area contributed by atoms with Gasteiger partial charge in [-0.15, -0.1) is 0 Å². The van der Waals surface area contributed by atoms with E-state index >= 15 is 0 Å². The highest BCUT2D eigenvalue weighted by Crippen LogP contribution is 2.23. The largest absolute Gasteiger partial charge is 0.469 e. The molecule has 2 aromatic rings. The van der Waals surface area contributed by atoms with Crippen LogP contribution in [0.5, 0.6) is 0 Å². The summed E-state index contributed by atoms with van der Waals surface area (Å²) in [6, 6.07) is 21.1. The molecule has 4 atom stereocenters. The maximum atomic E-state index is 12.2. The van der Waals surface area contributed by atoms with Gasteiger partial charge in [-0.25, -0.2) is 0 Å². The molecular formula is C50H74N2O8. The molecule has 2 aliphatic rings. The van der Waals surface area contributed by atoms with Crippen molar-refractivity contribution in [1.82, 2.24) is 9.80 Å². The van der Waals surface area contributed by atoms with Gasteiger partial charge in [0.15, 0.2) is 0 Å². The Morgan fingerprint density at radius 1 is 0.583 bits per heavy atom. The first-order valence-electron chi connectivity index (χ1n) is 22.7. The number of aryl methyl sites for hydroxylation is 2. The molecule has 2 amide bonds. The summed E-state index contributed by atoms with van der Waals surface area (Å²) in [5.74, 6) is 0.0928. The number of esters is 2. The number of methoxy groups -OCH3 is 2. The summed E-state index contributed by atoms with van der Waals surface area (Å²) in [5, 5.41) is 20.5. The summed E-state index contributed by atoms with van der Waals surface area (Å²) in [7, 11) is 2.83. The SMILES string of the molecule is COC(=O)CCCCCCN1C(=O)CC[C@@H]1/C=C/[C@@H](O)CCCCc1ccccc1.COC(=O)CCCCCCN1C(=O)CC[C@@H]1/C=C/[C@H](O)CCCCc1ccccc1. The van der Waals surface area contributed by atoms with Gasteiger partial charge in [0, 0.05) is 38.8 Å². The Kier molecular flexibility index (Phi) is 25.6. The third kappa shape index (κ3) is 21.3. The predicted octanol–water partition coefficient (Wildman–Crippen LogP) is 8.86. The van der Waals surface area contributed by atoms with Crippen molar-refractivity contribution in [2.45, 2.75) is 166 Å². The number of unbranched alkanes of at least 4 members (excludes halogenated alkanes) is 8. The van der Waals surface area contributed by atoms with Crippen LogP contribution in [0, 0.1) is 0 Å². The lowest BCUT2D eigenvalue weighted by atomic mass is 10.0. The highest BCUT2D eigenvalue weighted by atomic mass is 16.5. The molecule has 2 saturated heterocycles. The van der Waals surface area contributed by atoms with Crippen LogP contribution in [-0.2, 0) is 41.5 Å². The first-order chi connectivity index (χ1) is 29.2. The van der Waals surface area contributed by atoms with Gasteiger partial charge in [-0.1, -0.05) is 123 Å². The minimum Gasteiger partial charge on any atom is -0.469 e. The molecule has 60 heavy (non-hydrogen) atoms. The maximum absolute atomic E-state index is 12.2. The van der Waals surface area contributed by atoms with Gasteiger partial charge in [0.05, 0.1) is 38.5 Å². The summed E-state index contributed by atoms with van der Waals surface area (Å²) >= 11 is 0. The number of aliphatic hydroxyl groups excluding tert-OH is 2. The Balaban J connectivity index is 0.000000320. The van der Waals surface area contributed by atoms with Gasteiger partial charge in [0.25, 0.3) is 0 Å². The molecule has 2 heterocycles. The molecule has 0 bridgehead atoms. The minimum atomic E-state index is -0.448. The summed E-state index contributed by atoms with van der Waals surface area (Å²) in [5.41, 5.74) is 2.68. The number of aliphatic hydroxyl groups is 2. The van der Waals surface area contributed by atoms with E-state index in [9.17, 15) is 29.4 Å². The lowest BCUT2D eigenvalue weighted by molar-refractivity contribution is -0.141. The number of carbonyl (C=O) groups excluding carboxylic acids is 4. The van der Waals surface area contributed by atoms with Gasteiger partial charge in [-0.3, -0.25) is 19.2 Å². The highest BCUT2D eigenvalue weighted by molar-refractivity contribution is 5.79. The van der Waals surface area contributed by atoms with Crippen LogP contribution in [0.25, 0.3) is 0 Å². The summed E-state index contributed by atoms with van der Waals surface area (Å²) in [4.78, 5) is 50.5. The first-order valence-corrected chi connectivity index (χ1v) is 22.7. The zero-order valence-corrected chi connectivity index (χ0v) is 36.6. The number of amides is 2. The van der Waals surface area contributed by atoms with Gasteiger partial charge in [0.2, 0.25) is 11.8 Å². The summed E-state index contributed by atoms with van der Waals surface area (Å²) in [6.45, 7) is 1.50. The van der Waals surface area contributed by atoms with E-state index in [1.165, 1.54) is 25.3 Å². The molecule has 2 fully saturated rings. The molecule has 0 saturated carbocycles. The first kappa shape index (κ1) is 50.1. The minimum absolute atomic E-state index is 0.103. The fourth-order valence-corrected chi connectivity index (χ4v) is 7.87. The molecule has 10 nitrogen and oxygen atoms in total. The van der Waals surface area contributed by atoms with E-state index in [-0.39, 0.29) is 35.8 Å². The summed E-state index contributed by atoms with van der Waals surface area (Å²) < 4.78 is 9.29. The van der Waals surface area contributed by atoms with Gasteiger partial charge in [-0.05, 0) is 88.2 Å². The molecular weight excluding hydrogens is 757 g/mol. The van der Waals surface area contributed by atoms with Gasteiger partial charge < -0.3 is 29.5 Å². The van der Waals surface area contributed by atoms with E-state index in [4.69, 9.17) is 0 Å². The quantitative estimate of drug-likeness (QED) is 0.0494. The third-order valence-corrected chi connectivity index (χ3v) is 11.5. The second-order valence-electron chi connectivity index (χ2n) is 16.2. The van der Waals surface area contributed by atoms with Crippen molar-refractivity contribution in [3.8, 4) is 0 Å². The van der Waals surface area contributed by atoms with Crippen LogP contribution in [0.2, 0.25) is 0 Å². The lowest BCUT2D eigenvalue weighted by Crippen LogP contribution is -2.32. The van der Waals surface area contributed by atoms with Crippen molar-refractivity contribution in [2.24, 2.45) is 0 Å². The topological polar surface area (TPSA) is 134 Å². The van der Waals surface area contributed by atoms with E-state index in [0.29, 0.717) is 25.7 Å². The Morgan fingerprint density at radius 2 is 0.967 bits per heavy atom. The predicted molar refractivity (Wildman–Crippen MR) is 238 cm³/mol. The van der Waals surface area contributed by atoms with Crippen LogP contribution < -0.4 is 0 Å². The molecule has 332 valence electrons. The van der Waals surface area contributed by atoms with E-state index < -0.39 is 12.2 Å². The molecule has 0 aromatic heterocycles. The van der Waals surface area contributed by atoms with Crippen LogP contribution in [0.4, 0.5) is 0 Å². The molecule has 2 N–H and O–H groups in total. The molecule has 0 radical (unpaired) electrons. The Bertz CT molecular complexity index is 1430. The highest BCUT2D eigenvalue weighted by Gasteiger charge is 2.29. The molecule has 2 aliphatic heterocycles. The van der Waals surface area contributed by atoms with E-state index in [0.717, 1.165) is 129 Å². The smallest absolute Gasteiger partial charge is 0.305 e. The van der Waals surface area contributed by atoms with Crippen LogP contribution in [-0.4, -0.2) is 95.4 Å². The van der Waals surface area contributed by atoms with E-state index in [2.05, 4.69) is 58.0 Å².